The van der Waals surface area contributed by atoms with Crippen molar-refractivity contribution in [2.45, 2.75) is 32.4 Å². The maximum Gasteiger partial charge on any atom is 0.0904 e. The Kier molecular flexibility index (Phi) is 6.87. The molecule has 0 bridgehead atoms. The van der Waals surface area contributed by atoms with Crippen LogP contribution in [0.15, 0.2) is 0 Å². The molecule has 80 valence electrons. The lowest BCUT2D eigenvalue weighted by atomic mass is 10.4. The van der Waals surface area contributed by atoms with Crippen LogP contribution in [-0.4, -0.2) is 30.4 Å². The van der Waals surface area contributed by atoms with Crippen molar-refractivity contribution in [2.75, 3.05) is 20.3 Å². The summed E-state index contributed by atoms with van der Waals surface area (Å²) in [5.41, 5.74) is 0. The van der Waals surface area contributed by atoms with Crippen molar-refractivity contribution in [3.05, 3.63) is 0 Å². The Balaban J connectivity index is 4.36. The van der Waals surface area contributed by atoms with Crippen LogP contribution in [0.1, 0.15) is 27.2 Å². The summed E-state index contributed by atoms with van der Waals surface area (Å²) >= 11 is 7.55. The lowest BCUT2D eigenvalue weighted by molar-refractivity contribution is -0.0205. The lowest BCUT2D eigenvalue weighted by Gasteiger charge is -2.30. The number of rotatable bonds is 6. The van der Waals surface area contributed by atoms with Crippen LogP contribution in [0.25, 0.3) is 0 Å². The molecule has 5 heteroatoms. The van der Waals surface area contributed by atoms with E-state index in [9.17, 15) is 0 Å². The first-order valence-electron chi connectivity index (χ1n) is 4.55. The Morgan fingerprint density at radius 3 is 2.38 bits per heavy atom. The maximum absolute atomic E-state index is 5.64. The van der Waals surface area contributed by atoms with Crippen LogP contribution in [0.4, 0.5) is 0 Å². The second kappa shape index (κ2) is 6.41. The van der Waals surface area contributed by atoms with Gasteiger partial charge in [0.15, 0.2) is 0 Å². The van der Waals surface area contributed by atoms with Crippen molar-refractivity contribution in [1.29, 1.82) is 0 Å². The highest BCUT2D eigenvalue weighted by molar-refractivity contribution is 8.70. The fraction of sp³-hybridized carbons (Fsp3) is 1.00. The first kappa shape index (κ1) is 13.9. The normalized spacial score (nSPS) is 18.6. The van der Waals surface area contributed by atoms with E-state index in [-0.39, 0.29) is 0 Å². The average Bonchev–Trinajstić information content (AvgIpc) is 2.15. The molecule has 2 atom stereocenters. The van der Waals surface area contributed by atoms with Crippen molar-refractivity contribution in [1.82, 2.24) is 4.83 Å². The molecule has 0 radical (unpaired) electrons. The third-order valence-corrected chi connectivity index (χ3v) is 10.6. The molecule has 0 aromatic rings. The molecule has 0 aliphatic carbocycles. The SMILES string of the molecule is CCC(C)SP(=S)(CC)N(C)OC. The van der Waals surface area contributed by atoms with Gasteiger partial charge >= 0.3 is 0 Å². The van der Waals surface area contributed by atoms with Gasteiger partial charge in [0.2, 0.25) is 0 Å². The summed E-state index contributed by atoms with van der Waals surface area (Å²) in [6.45, 7) is 6.57. The van der Waals surface area contributed by atoms with Gasteiger partial charge in [0.1, 0.15) is 0 Å². The van der Waals surface area contributed by atoms with Crippen LogP contribution >= 0.6 is 16.8 Å². The Bertz CT molecular complexity index is 189. The minimum Gasteiger partial charge on any atom is -0.297 e. The molecule has 0 fully saturated rings. The predicted octanol–water partition coefficient (Wildman–Crippen LogP) is 3.34. The minimum absolute atomic E-state index is 0.628. The first-order chi connectivity index (χ1) is 6.00. The van der Waals surface area contributed by atoms with Crippen molar-refractivity contribution < 1.29 is 4.84 Å². The summed E-state index contributed by atoms with van der Waals surface area (Å²) in [7, 11) is 3.63. The van der Waals surface area contributed by atoms with Crippen molar-refractivity contribution >= 4 is 28.6 Å². The highest BCUT2D eigenvalue weighted by Crippen LogP contribution is 2.62. The van der Waals surface area contributed by atoms with E-state index in [1.165, 1.54) is 6.42 Å². The largest absolute Gasteiger partial charge is 0.297 e. The number of nitrogens with zero attached hydrogens (tertiary/aromatic N) is 1. The number of hydrogen-bond donors (Lipinski definition) is 0. The van der Waals surface area contributed by atoms with Crippen molar-refractivity contribution in [2.24, 2.45) is 0 Å². The van der Waals surface area contributed by atoms with Gasteiger partial charge in [-0.15, -0.1) is 11.4 Å². The third-order valence-electron chi connectivity index (χ3n) is 2.01. The zero-order chi connectivity index (χ0) is 10.5. The lowest BCUT2D eigenvalue weighted by Crippen LogP contribution is -2.14. The van der Waals surface area contributed by atoms with E-state index in [1.807, 2.05) is 23.3 Å². The predicted molar refractivity (Wildman–Crippen MR) is 66.9 cm³/mol. The summed E-state index contributed by atoms with van der Waals surface area (Å²) in [6, 6.07) is 0. The van der Waals surface area contributed by atoms with Crippen LogP contribution in [0.3, 0.4) is 0 Å². The maximum atomic E-state index is 5.64. The molecule has 0 rings (SSSR count). The van der Waals surface area contributed by atoms with E-state index >= 15 is 0 Å². The summed E-state index contributed by atoms with van der Waals surface area (Å²) in [5, 5.41) is -0.875. The molecule has 0 N–H and O–H groups in total. The average molecular weight is 241 g/mol. The molecular formula is C8H20NOPS2. The van der Waals surface area contributed by atoms with Gasteiger partial charge in [-0.05, 0) is 12.6 Å². The van der Waals surface area contributed by atoms with E-state index in [4.69, 9.17) is 16.6 Å². The highest BCUT2D eigenvalue weighted by Gasteiger charge is 2.23. The van der Waals surface area contributed by atoms with Gasteiger partial charge in [-0.3, -0.25) is 4.84 Å². The van der Waals surface area contributed by atoms with E-state index in [0.29, 0.717) is 5.25 Å². The second-order valence-corrected chi connectivity index (χ2v) is 11.4. The zero-order valence-corrected chi connectivity index (χ0v) is 11.6. The van der Waals surface area contributed by atoms with Crippen LogP contribution < -0.4 is 0 Å². The number of hydroxylamine groups is 1. The Morgan fingerprint density at radius 1 is 1.54 bits per heavy atom. The fourth-order valence-electron chi connectivity index (χ4n) is 0.820. The number of hydrogen-bond acceptors (Lipinski definition) is 3. The monoisotopic (exact) mass is 241 g/mol. The third kappa shape index (κ3) is 4.30. The second-order valence-electron chi connectivity index (χ2n) is 2.92. The zero-order valence-electron chi connectivity index (χ0n) is 9.11. The van der Waals surface area contributed by atoms with E-state index in [1.54, 1.807) is 7.11 Å². The molecule has 0 amide bonds. The minimum atomic E-state index is -1.50. The molecule has 0 aliphatic rings. The smallest absolute Gasteiger partial charge is 0.0904 e. The van der Waals surface area contributed by atoms with Crippen molar-refractivity contribution in [3.8, 4) is 0 Å². The summed E-state index contributed by atoms with van der Waals surface area (Å²) in [4.78, 5) is 7.08. The molecule has 0 aromatic carbocycles. The Labute approximate surface area is 91.2 Å². The molecule has 13 heavy (non-hydrogen) atoms. The molecule has 0 saturated heterocycles. The Hall–Kier alpha value is 0.920. The van der Waals surface area contributed by atoms with E-state index in [2.05, 4.69) is 20.8 Å². The molecular weight excluding hydrogens is 221 g/mol. The molecule has 0 aliphatic heterocycles. The Morgan fingerprint density at radius 2 is 2.08 bits per heavy atom. The van der Waals surface area contributed by atoms with Gasteiger partial charge < -0.3 is 0 Å². The first-order valence-corrected chi connectivity index (χ1v) is 8.98. The van der Waals surface area contributed by atoms with Crippen molar-refractivity contribution in [3.63, 3.8) is 0 Å². The summed E-state index contributed by atoms with van der Waals surface area (Å²) < 4.78 is 0. The van der Waals surface area contributed by atoms with Crippen LogP contribution in [0.5, 0.6) is 0 Å². The van der Waals surface area contributed by atoms with E-state index in [0.717, 1.165) is 6.16 Å². The summed E-state index contributed by atoms with van der Waals surface area (Å²) in [5.74, 6) is 0. The van der Waals surface area contributed by atoms with Gasteiger partial charge in [0, 0.05) is 12.3 Å². The van der Waals surface area contributed by atoms with E-state index < -0.39 is 5.39 Å². The highest BCUT2D eigenvalue weighted by atomic mass is 32.9. The van der Waals surface area contributed by atoms with Gasteiger partial charge in [0.05, 0.1) is 12.5 Å². The van der Waals surface area contributed by atoms with Gasteiger partial charge in [0.25, 0.3) is 0 Å². The van der Waals surface area contributed by atoms with Gasteiger partial charge in [-0.25, -0.2) is 0 Å². The molecule has 0 aromatic heterocycles. The molecule has 0 saturated carbocycles. The summed E-state index contributed by atoms with van der Waals surface area (Å²) in [6.07, 6.45) is 2.18. The van der Waals surface area contributed by atoms with Crippen LogP contribution in [0.2, 0.25) is 0 Å². The molecule has 2 nitrogen and oxygen atoms in total. The standard InChI is InChI=1S/C8H20NOPS2/c1-6-8(3)13-11(12,7-2)9(4)10-5/h8H,6-7H2,1-5H3. The molecule has 0 spiro atoms. The van der Waals surface area contributed by atoms with Crippen LogP contribution in [-0.2, 0) is 16.6 Å². The molecule has 2 unspecified atom stereocenters. The molecule has 0 heterocycles. The topological polar surface area (TPSA) is 12.5 Å². The van der Waals surface area contributed by atoms with Crippen LogP contribution in [0, 0.1) is 0 Å². The quantitative estimate of drug-likeness (QED) is 0.522. The van der Waals surface area contributed by atoms with Gasteiger partial charge in [-0.1, -0.05) is 32.6 Å². The van der Waals surface area contributed by atoms with Gasteiger partial charge in [-0.2, -0.15) is 4.83 Å². The fourth-order valence-corrected chi connectivity index (χ4v) is 7.16.